The van der Waals surface area contributed by atoms with Gasteiger partial charge >= 0.3 is 12.3 Å². The number of anilines is 2. The fourth-order valence-corrected chi connectivity index (χ4v) is 1.52. The van der Waals surface area contributed by atoms with Gasteiger partial charge in [0.25, 0.3) is 0 Å². The molecular weight excluding hydrogens is 303 g/mol. The molecule has 1 amide bonds. The normalized spacial score (nSPS) is 14.1. The Balaban J connectivity index is 1.99. The molecule has 2 N–H and O–H groups in total. The van der Waals surface area contributed by atoms with E-state index in [1.54, 1.807) is 0 Å². The molecule has 0 atom stereocenters. The first-order valence-electron chi connectivity index (χ1n) is 6.05. The van der Waals surface area contributed by atoms with Crippen molar-refractivity contribution in [3.05, 3.63) is 48.9 Å². The van der Waals surface area contributed by atoms with Crippen molar-refractivity contribution in [2.75, 3.05) is 16.9 Å². The molecule has 0 aliphatic carbocycles. The average molecular weight is 315 g/mol. The molecule has 6 nitrogen and oxygen atoms in total. The standard InChI is InChI=1S/C13H12F3N3O3/c1-2-7-21-12(20)17-9-3-5-10(6-4-9)19-8-11(22-18-19)13(14,15)16/h2-6,8,18H,1,7H2,(H,17,20). The molecule has 0 fully saturated rings. The Bertz CT molecular complexity index is 584. The summed E-state index contributed by atoms with van der Waals surface area (Å²) in [6.45, 7) is 3.48. The van der Waals surface area contributed by atoms with E-state index in [0.717, 1.165) is 11.2 Å². The average Bonchev–Trinajstić information content (AvgIpc) is 2.96. The maximum atomic E-state index is 12.4. The Hall–Kier alpha value is -2.68. The van der Waals surface area contributed by atoms with Gasteiger partial charge in [0, 0.05) is 5.69 Å². The van der Waals surface area contributed by atoms with Crippen LogP contribution in [-0.2, 0) is 9.57 Å². The predicted octanol–water partition coefficient (Wildman–Crippen LogP) is 3.08. The second-order valence-electron chi connectivity index (χ2n) is 4.11. The molecule has 0 saturated heterocycles. The van der Waals surface area contributed by atoms with E-state index in [9.17, 15) is 18.0 Å². The zero-order chi connectivity index (χ0) is 16.2. The van der Waals surface area contributed by atoms with Gasteiger partial charge in [-0.05, 0) is 24.3 Å². The fraction of sp³-hybridized carbons (Fsp3) is 0.154. The third kappa shape index (κ3) is 3.92. The minimum absolute atomic E-state index is 0.0734. The molecule has 1 aliphatic heterocycles. The van der Waals surface area contributed by atoms with Gasteiger partial charge < -0.3 is 9.57 Å². The van der Waals surface area contributed by atoms with Crippen LogP contribution in [0.5, 0.6) is 0 Å². The van der Waals surface area contributed by atoms with Crippen molar-refractivity contribution in [1.82, 2.24) is 5.59 Å². The van der Waals surface area contributed by atoms with Crippen LogP contribution in [0.25, 0.3) is 0 Å². The van der Waals surface area contributed by atoms with Crippen molar-refractivity contribution in [1.29, 1.82) is 0 Å². The molecule has 0 spiro atoms. The number of hydrogen-bond acceptors (Lipinski definition) is 5. The minimum atomic E-state index is -4.57. The SMILES string of the molecule is C=CCOC(=O)Nc1ccc(N2C=C(C(F)(F)F)ON2)cc1. The molecule has 0 bridgehead atoms. The van der Waals surface area contributed by atoms with Crippen molar-refractivity contribution in [2.24, 2.45) is 0 Å². The maximum Gasteiger partial charge on any atom is 0.453 e. The quantitative estimate of drug-likeness (QED) is 0.836. The van der Waals surface area contributed by atoms with Crippen molar-refractivity contribution in [2.45, 2.75) is 6.18 Å². The minimum Gasteiger partial charge on any atom is -0.445 e. The van der Waals surface area contributed by atoms with Crippen LogP contribution in [0.15, 0.2) is 48.9 Å². The van der Waals surface area contributed by atoms with Crippen molar-refractivity contribution >= 4 is 17.5 Å². The number of alkyl halides is 3. The monoisotopic (exact) mass is 315 g/mol. The molecule has 1 aliphatic rings. The van der Waals surface area contributed by atoms with Crippen LogP contribution in [0, 0.1) is 0 Å². The van der Waals surface area contributed by atoms with Crippen LogP contribution in [0.2, 0.25) is 0 Å². The van der Waals surface area contributed by atoms with Gasteiger partial charge in [-0.3, -0.25) is 5.32 Å². The number of rotatable bonds is 4. The van der Waals surface area contributed by atoms with E-state index in [-0.39, 0.29) is 6.61 Å². The second-order valence-corrected chi connectivity index (χ2v) is 4.11. The molecule has 0 saturated carbocycles. The summed E-state index contributed by atoms with van der Waals surface area (Å²) >= 11 is 0. The molecule has 1 aromatic rings. The van der Waals surface area contributed by atoms with E-state index >= 15 is 0 Å². The zero-order valence-electron chi connectivity index (χ0n) is 11.2. The highest BCUT2D eigenvalue weighted by Gasteiger charge is 2.40. The van der Waals surface area contributed by atoms with Crippen LogP contribution < -0.4 is 15.9 Å². The number of carbonyl (C=O) groups excluding carboxylic acids is 1. The number of nitrogens with zero attached hydrogens (tertiary/aromatic N) is 1. The third-order valence-electron chi connectivity index (χ3n) is 2.50. The molecular formula is C13H12F3N3O3. The highest BCUT2D eigenvalue weighted by atomic mass is 19.4. The number of hydrogen-bond donors (Lipinski definition) is 2. The van der Waals surface area contributed by atoms with Gasteiger partial charge in [0.2, 0.25) is 5.76 Å². The summed E-state index contributed by atoms with van der Waals surface area (Å²) in [7, 11) is 0. The topological polar surface area (TPSA) is 62.8 Å². The largest absolute Gasteiger partial charge is 0.453 e. The summed E-state index contributed by atoms with van der Waals surface area (Å²) in [6.07, 6.45) is -3.03. The zero-order valence-corrected chi connectivity index (χ0v) is 11.2. The Labute approximate surface area is 123 Å². The highest BCUT2D eigenvalue weighted by Crippen LogP contribution is 2.30. The van der Waals surface area contributed by atoms with Gasteiger partial charge in [0.1, 0.15) is 6.61 Å². The third-order valence-corrected chi connectivity index (χ3v) is 2.50. The summed E-state index contributed by atoms with van der Waals surface area (Å²) < 4.78 is 42.0. The molecule has 1 heterocycles. The second kappa shape index (κ2) is 6.39. The molecule has 9 heteroatoms. The Morgan fingerprint density at radius 3 is 2.64 bits per heavy atom. The van der Waals surface area contributed by atoms with Crippen molar-refractivity contribution in [3.63, 3.8) is 0 Å². The van der Waals surface area contributed by atoms with E-state index in [2.05, 4.69) is 22.3 Å². The summed E-state index contributed by atoms with van der Waals surface area (Å²) in [5.41, 5.74) is 2.94. The van der Waals surface area contributed by atoms with Gasteiger partial charge in [0.15, 0.2) is 0 Å². The highest BCUT2D eigenvalue weighted by molar-refractivity contribution is 5.84. The Morgan fingerprint density at radius 1 is 1.41 bits per heavy atom. The molecule has 2 rings (SSSR count). The van der Waals surface area contributed by atoms with Crippen LogP contribution >= 0.6 is 0 Å². The van der Waals surface area contributed by atoms with Crippen LogP contribution in [0.3, 0.4) is 0 Å². The van der Waals surface area contributed by atoms with E-state index in [0.29, 0.717) is 11.4 Å². The molecule has 0 unspecified atom stereocenters. The van der Waals surface area contributed by atoms with Crippen molar-refractivity contribution < 1.29 is 27.5 Å². The number of nitrogens with one attached hydrogen (secondary N) is 2. The lowest BCUT2D eigenvalue weighted by molar-refractivity contribution is -0.136. The smallest absolute Gasteiger partial charge is 0.445 e. The van der Waals surface area contributed by atoms with Gasteiger partial charge in [0.05, 0.1) is 11.9 Å². The fourth-order valence-electron chi connectivity index (χ4n) is 1.52. The summed E-state index contributed by atoms with van der Waals surface area (Å²) in [5, 5.41) is 3.51. The number of halogens is 3. The van der Waals surface area contributed by atoms with Gasteiger partial charge in [-0.25, -0.2) is 9.80 Å². The van der Waals surface area contributed by atoms with E-state index in [4.69, 9.17) is 4.74 Å². The molecule has 22 heavy (non-hydrogen) atoms. The number of carbonyl (C=O) groups is 1. The molecule has 1 aromatic carbocycles. The molecule has 0 radical (unpaired) electrons. The number of hydrazine groups is 1. The van der Waals surface area contributed by atoms with Crippen LogP contribution in [0.4, 0.5) is 29.3 Å². The lowest BCUT2D eigenvalue weighted by atomic mass is 10.3. The Morgan fingerprint density at radius 2 is 2.09 bits per heavy atom. The van der Waals surface area contributed by atoms with Crippen molar-refractivity contribution in [3.8, 4) is 0 Å². The van der Waals surface area contributed by atoms with Gasteiger partial charge in [-0.2, -0.15) is 13.2 Å². The predicted molar refractivity (Wildman–Crippen MR) is 72.4 cm³/mol. The Kier molecular flexibility index (Phi) is 4.56. The molecule has 118 valence electrons. The molecule has 0 aromatic heterocycles. The summed E-state index contributed by atoms with van der Waals surface area (Å²) in [6, 6.07) is 6.00. The van der Waals surface area contributed by atoms with Crippen LogP contribution in [-0.4, -0.2) is 18.9 Å². The van der Waals surface area contributed by atoms with Gasteiger partial charge in [-0.1, -0.05) is 18.2 Å². The first-order chi connectivity index (χ1) is 10.4. The van der Waals surface area contributed by atoms with Crippen LogP contribution in [0.1, 0.15) is 0 Å². The number of allylic oxidation sites excluding steroid dienone is 1. The lowest BCUT2D eigenvalue weighted by Gasteiger charge is -2.14. The summed E-state index contributed by atoms with van der Waals surface area (Å²) in [5.74, 6) is -1.15. The summed E-state index contributed by atoms with van der Waals surface area (Å²) in [4.78, 5) is 15.6. The number of ether oxygens (including phenoxy) is 1. The van der Waals surface area contributed by atoms with E-state index in [1.807, 2.05) is 0 Å². The lowest BCUT2D eigenvalue weighted by Crippen LogP contribution is -2.27. The van der Waals surface area contributed by atoms with E-state index in [1.165, 1.54) is 30.3 Å². The maximum absolute atomic E-state index is 12.4. The number of benzene rings is 1. The first-order valence-corrected chi connectivity index (χ1v) is 6.05. The number of amides is 1. The van der Waals surface area contributed by atoms with E-state index < -0.39 is 18.0 Å². The van der Waals surface area contributed by atoms with Gasteiger partial charge in [-0.15, -0.1) is 0 Å². The first kappa shape index (κ1) is 15.7.